The highest BCUT2D eigenvalue weighted by Gasteiger charge is 2.43. The van der Waals surface area contributed by atoms with Crippen LogP contribution in [0.5, 0.6) is 11.5 Å². The molecule has 3 rings (SSSR count). The third-order valence-electron chi connectivity index (χ3n) is 4.01. The molecule has 0 aliphatic carbocycles. The molecule has 2 amide bonds. The topological polar surface area (TPSA) is 101 Å². The van der Waals surface area contributed by atoms with Gasteiger partial charge in [-0.25, -0.2) is 0 Å². The lowest BCUT2D eigenvalue weighted by atomic mass is 10.1. The smallest absolute Gasteiger partial charge is 0.395 e. The van der Waals surface area contributed by atoms with Gasteiger partial charge < -0.3 is 25.5 Å². The number of halogens is 2. The van der Waals surface area contributed by atoms with Gasteiger partial charge >= 0.3 is 6.29 Å². The molecule has 146 valence electrons. The van der Waals surface area contributed by atoms with E-state index in [0.717, 1.165) is 12.3 Å². The number of carbonyl (C=O) groups is 2. The van der Waals surface area contributed by atoms with Gasteiger partial charge in [-0.3, -0.25) is 9.59 Å². The van der Waals surface area contributed by atoms with Gasteiger partial charge in [0.1, 0.15) is 0 Å². The van der Waals surface area contributed by atoms with Crippen LogP contribution in [0.25, 0.3) is 0 Å². The van der Waals surface area contributed by atoms with Crippen molar-refractivity contribution in [2.24, 2.45) is 0 Å². The van der Waals surface area contributed by atoms with Crippen LogP contribution in [0.15, 0.2) is 36.4 Å². The van der Waals surface area contributed by atoms with Gasteiger partial charge in [0.05, 0.1) is 6.04 Å². The second-order valence-corrected chi connectivity index (χ2v) is 6.24. The Morgan fingerprint density at radius 3 is 2.54 bits per heavy atom. The molecule has 0 fully saturated rings. The fourth-order valence-electron chi connectivity index (χ4n) is 2.56. The maximum atomic E-state index is 13.1. The first-order chi connectivity index (χ1) is 13.2. The number of amides is 2. The van der Waals surface area contributed by atoms with Crippen LogP contribution in [0.1, 0.15) is 33.2 Å². The van der Waals surface area contributed by atoms with Crippen molar-refractivity contribution >= 4 is 23.7 Å². The van der Waals surface area contributed by atoms with Gasteiger partial charge in [-0.15, -0.1) is 8.78 Å². The van der Waals surface area contributed by atoms with E-state index in [2.05, 4.69) is 20.1 Å². The summed E-state index contributed by atoms with van der Waals surface area (Å²) in [5.41, 5.74) is 1.48. The van der Waals surface area contributed by atoms with Crippen LogP contribution in [0.4, 0.5) is 14.5 Å². The van der Waals surface area contributed by atoms with Crippen LogP contribution in [-0.2, 0) is 0 Å². The summed E-state index contributed by atoms with van der Waals surface area (Å²) in [6.07, 6.45) is -2.66. The molecule has 1 heterocycles. The number of hydrogen-bond acceptors (Lipinski definition) is 5. The first kappa shape index (κ1) is 19.3. The highest BCUT2D eigenvalue weighted by atomic mass is 19.3. The van der Waals surface area contributed by atoms with Gasteiger partial charge in [0.25, 0.3) is 11.8 Å². The average molecular weight is 389 g/mol. The zero-order valence-corrected chi connectivity index (χ0v) is 15.0. The summed E-state index contributed by atoms with van der Waals surface area (Å²) >= 11 is 0. The van der Waals surface area contributed by atoms with Gasteiger partial charge in [0.15, 0.2) is 11.5 Å². The molecule has 1 aliphatic rings. The van der Waals surface area contributed by atoms with E-state index in [4.69, 9.17) is 5.41 Å². The van der Waals surface area contributed by atoms with E-state index in [1.165, 1.54) is 18.2 Å². The minimum atomic E-state index is -3.76. The second-order valence-electron chi connectivity index (χ2n) is 6.24. The number of benzene rings is 2. The van der Waals surface area contributed by atoms with Crippen molar-refractivity contribution in [3.05, 3.63) is 53.1 Å². The molecule has 9 heteroatoms. The summed E-state index contributed by atoms with van der Waals surface area (Å²) in [5.74, 6) is -1.34. The summed E-state index contributed by atoms with van der Waals surface area (Å²) < 4.78 is 34.8. The molecular weight excluding hydrogens is 372 g/mol. The Morgan fingerprint density at radius 2 is 1.82 bits per heavy atom. The standard InChI is InChI=1S/C19H17F2N3O4/c1-10-3-5-13(8-14(10)18(26)23-11(2)9-22)24-17(25)12-4-6-15-16(7-12)28-19(20,21)27-15/h3-9,11,22H,1-2H3,(H,23,26)(H,24,25). The first-order valence-corrected chi connectivity index (χ1v) is 8.32. The maximum absolute atomic E-state index is 13.1. The quantitative estimate of drug-likeness (QED) is 0.683. The molecule has 28 heavy (non-hydrogen) atoms. The lowest BCUT2D eigenvalue weighted by Crippen LogP contribution is -2.33. The van der Waals surface area contributed by atoms with E-state index < -0.39 is 18.2 Å². The number of rotatable bonds is 5. The van der Waals surface area contributed by atoms with Crippen molar-refractivity contribution in [3.63, 3.8) is 0 Å². The van der Waals surface area contributed by atoms with Crippen molar-refractivity contribution in [2.75, 3.05) is 5.32 Å². The SMILES string of the molecule is Cc1ccc(NC(=O)c2ccc3c(c2)OC(F)(F)O3)cc1C(=O)NC(C)C=N. The number of aryl methyl sites for hydroxylation is 1. The minimum absolute atomic E-state index is 0.0871. The molecule has 2 aromatic carbocycles. The Morgan fingerprint density at radius 1 is 1.11 bits per heavy atom. The number of ether oxygens (including phenoxy) is 2. The van der Waals surface area contributed by atoms with Crippen LogP contribution < -0.4 is 20.1 Å². The number of carbonyl (C=O) groups excluding carboxylic acids is 2. The Balaban J connectivity index is 1.77. The number of hydrogen-bond donors (Lipinski definition) is 3. The number of anilines is 1. The molecule has 2 aromatic rings. The van der Waals surface area contributed by atoms with Crippen LogP contribution in [0.2, 0.25) is 0 Å². The molecule has 1 unspecified atom stereocenters. The fourth-order valence-corrected chi connectivity index (χ4v) is 2.56. The number of fused-ring (bicyclic) bond motifs is 1. The highest BCUT2D eigenvalue weighted by Crippen LogP contribution is 2.41. The average Bonchev–Trinajstić information content (AvgIpc) is 2.95. The summed E-state index contributed by atoms with van der Waals surface area (Å²) in [6.45, 7) is 3.41. The van der Waals surface area contributed by atoms with Crippen LogP contribution in [0.3, 0.4) is 0 Å². The van der Waals surface area contributed by atoms with Gasteiger partial charge in [0.2, 0.25) is 0 Å². The lowest BCUT2D eigenvalue weighted by Gasteiger charge is -2.13. The molecule has 1 atom stereocenters. The van der Waals surface area contributed by atoms with Crippen molar-refractivity contribution in [1.82, 2.24) is 5.32 Å². The molecule has 0 spiro atoms. The molecule has 0 saturated carbocycles. The molecular formula is C19H17F2N3O4. The van der Waals surface area contributed by atoms with Crippen molar-refractivity contribution in [1.29, 1.82) is 5.41 Å². The van der Waals surface area contributed by atoms with Gasteiger partial charge in [-0.2, -0.15) is 0 Å². The highest BCUT2D eigenvalue weighted by molar-refractivity contribution is 6.05. The second kappa shape index (κ2) is 7.26. The minimum Gasteiger partial charge on any atom is -0.395 e. The van der Waals surface area contributed by atoms with E-state index in [1.54, 1.807) is 26.0 Å². The Labute approximate surface area is 159 Å². The van der Waals surface area contributed by atoms with Crippen LogP contribution in [0, 0.1) is 12.3 Å². The Bertz CT molecular complexity index is 962. The van der Waals surface area contributed by atoms with E-state index in [0.29, 0.717) is 16.8 Å². The normalized spacial score (nSPS) is 14.9. The first-order valence-electron chi connectivity index (χ1n) is 8.32. The van der Waals surface area contributed by atoms with E-state index in [9.17, 15) is 18.4 Å². The van der Waals surface area contributed by atoms with Crippen molar-refractivity contribution in [3.8, 4) is 11.5 Å². The predicted molar refractivity (Wildman–Crippen MR) is 97.5 cm³/mol. The summed E-state index contributed by atoms with van der Waals surface area (Å²) in [4.78, 5) is 24.7. The molecule has 0 saturated heterocycles. The summed E-state index contributed by atoms with van der Waals surface area (Å²) in [7, 11) is 0. The largest absolute Gasteiger partial charge is 0.586 e. The van der Waals surface area contributed by atoms with Gasteiger partial charge in [-0.05, 0) is 49.7 Å². The summed E-state index contributed by atoms with van der Waals surface area (Å²) in [6, 6.07) is 8.05. The molecule has 1 aliphatic heterocycles. The monoisotopic (exact) mass is 389 g/mol. The molecule has 7 nitrogen and oxygen atoms in total. The van der Waals surface area contributed by atoms with E-state index in [1.807, 2.05) is 0 Å². The zero-order valence-electron chi connectivity index (χ0n) is 15.0. The lowest BCUT2D eigenvalue weighted by molar-refractivity contribution is -0.286. The van der Waals surface area contributed by atoms with Crippen molar-refractivity contribution < 1.29 is 27.8 Å². The van der Waals surface area contributed by atoms with E-state index >= 15 is 0 Å². The zero-order chi connectivity index (χ0) is 20.5. The van der Waals surface area contributed by atoms with Gasteiger partial charge in [-0.1, -0.05) is 6.07 Å². The Hall–Kier alpha value is -3.49. The molecule has 0 bridgehead atoms. The van der Waals surface area contributed by atoms with Gasteiger partial charge in [0, 0.05) is 23.0 Å². The summed E-state index contributed by atoms with van der Waals surface area (Å²) in [5, 5.41) is 12.4. The maximum Gasteiger partial charge on any atom is 0.586 e. The van der Waals surface area contributed by atoms with Crippen LogP contribution in [-0.4, -0.2) is 30.4 Å². The van der Waals surface area contributed by atoms with Crippen molar-refractivity contribution in [2.45, 2.75) is 26.2 Å². The Kier molecular flexibility index (Phi) is 5.00. The number of alkyl halides is 2. The third-order valence-corrected chi connectivity index (χ3v) is 4.01. The fraction of sp³-hybridized carbons (Fsp3) is 0.211. The molecule has 0 radical (unpaired) electrons. The molecule has 0 aromatic heterocycles. The number of nitrogens with one attached hydrogen (secondary N) is 3. The third kappa shape index (κ3) is 4.08. The van der Waals surface area contributed by atoms with Crippen LogP contribution >= 0.6 is 0 Å². The molecule has 3 N–H and O–H groups in total. The van der Waals surface area contributed by atoms with E-state index in [-0.39, 0.29) is 23.0 Å². The predicted octanol–water partition coefficient (Wildman–Crippen LogP) is 3.34.